The van der Waals surface area contributed by atoms with Crippen LogP contribution in [-0.4, -0.2) is 24.8 Å². The predicted octanol–water partition coefficient (Wildman–Crippen LogP) is 6.26. The average Bonchev–Trinajstić information content (AvgIpc) is 2.36. The first-order chi connectivity index (χ1) is 10.1. The van der Waals surface area contributed by atoms with Crippen LogP contribution in [0.2, 0.25) is 6.04 Å². The molecule has 0 saturated carbocycles. The molecule has 0 atom stereocenters. The lowest BCUT2D eigenvalue weighted by atomic mass is 10.1. The molecule has 132 valence electrons. The molecule has 0 N–H and O–H groups in total. The SMILES string of the molecule is O=C(CCCCCCCCCC[Si](Cl)(Cl)Cl)OCC(F)(F)F. The van der Waals surface area contributed by atoms with Gasteiger partial charge in [-0.15, -0.1) is 33.2 Å². The molecular formula is C13H22Cl3F3O2Si. The minimum atomic E-state index is -4.45. The minimum absolute atomic E-state index is 0.0456. The molecule has 0 aromatic carbocycles. The van der Waals surface area contributed by atoms with Crippen LogP contribution in [0.25, 0.3) is 0 Å². The van der Waals surface area contributed by atoms with Crippen LogP contribution in [0.3, 0.4) is 0 Å². The largest absolute Gasteiger partial charge is 0.456 e. The smallest absolute Gasteiger partial charge is 0.422 e. The van der Waals surface area contributed by atoms with Crippen molar-refractivity contribution in [1.82, 2.24) is 0 Å². The molecule has 0 aromatic heterocycles. The van der Waals surface area contributed by atoms with Crippen LogP contribution in [0.15, 0.2) is 0 Å². The summed E-state index contributed by atoms with van der Waals surface area (Å²) < 4.78 is 39.5. The molecule has 0 unspecified atom stereocenters. The number of ether oxygens (including phenoxy) is 1. The summed E-state index contributed by atoms with van der Waals surface area (Å²) in [7, 11) is 0. The van der Waals surface area contributed by atoms with Gasteiger partial charge in [0.05, 0.1) is 0 Å². The molecule has 2 nitrogen and oxygen atoms in total. The van der Waals surface area contributed by atoms with E-state index >= 15 is 0 Å². The van der Waals surface area contributed by atoms with Crippen molar-refractivity contribution in [1.29, 1.82) is 0 Å². The fourth-order valence-corrected chi connectivity index (χ4v) is 3.74. The number of rotatable bonds is 12. The topological polar surface area (TPSA) is 26.3 Å². The van der Waals surface area contributed by atoms with Gasteiger partial charge in [0.15, 0.2) is 6.61 Å². The molecule has 0 heterocycles. The van der Waals surface area contributed by atoms with Gasteiger partial charge in [0.2, 0.25) is 0 Å². The summed E-state index contributed by atoms with van der Waals surface area (Å²) in [5.41, 5.74) is 0. The second-order valence-corrected chi connectivity index (χ2v) is 14.5. The molecule has 9 heteroatoms. The van der Waals surface area contributed by atoms with E-state index in [-0.39, 0.29) is 6.42 Å². The number of carbonyl (C=O) groups is 1. The first kappa shape index (κ1) is 22.3. The molecule has 0 saturated heterocycles. The van der Waals surface area contributed by atoms with Crippen LogP contribution in [0, 0.1) is 0 Å². The number of halogens is 6. The van der Waals surface area contributed by atoms with Crippen molar-refractivity contribution in [3.63, 3.8) is 0 Å². The Balaban J connectivity index is 3.28. The zero-order valence-electron chi connectivity index (χ0n) is 12.4. The van der Waals surface area contributed by atoms with Crippen LogP contribution in [0.1, 0.15) is 57.8 Å². The summed E-state index contributed by atoms with van der Waals surface area (Å²) in [4.78, 5) is 11.0. The van der Waals surface area contributed by atoms with Gasteiger partial charge in [0.1, 0.15) is 0 Å². The van der Waals surface area contributed by atoms with E-state index in [0.29, 0.717) is 12.5 Å². The normalized spacial score (nSPS) is 12.5. The Morgan fingerprint density at radius 1 is 0.864 bits per heavy atom. The van der Waals surface area contributed by atoms with Gasteiger partial charge in [-0.1, -0.05) is 44.9 Å². The maximum absolute atomic E-state index is 11.8. The van der Waals surface area contributed by atoms with Crippen molar-refractivity contribution in [3.8, 4) is 0 Å². The molecule has 0 fully saturated rings. The molecule has 0 aliphatic heterocycles. The van der Waals surface area contributed by atoms with Gasteiger partial charge in [0.25, 0.3) is 0 Å². The van der Waals surface area contributed by atoms with Crippen LogP contribution < -0.4 is 0 Å². The maximum Gasteiger partial charge on any atom is 0.422 e. The highest BCUT2D eigenvalue weighted by Crippen LogP contribution is 2.27. The van der Waals surface area contributed by atoms with Gasteiger partial charge in [-0.3, -0.25) is 4.79 Å². The van der Waals surface area contributed by atoms with Crippen molar-refractivity contribution in [3.05, 3.63) is 0 Å². The number of carbonyl (C=O) groups excluding carboxylic acids is 1. The number of hydrogen-bond acceptors (Lipinski definition) is 2. The van der Waals surface area contributed by atoms with Crippen LogP contribution >= 0.6 is 33.2 Å². The van der Waals surface area contributed by atoms with E-state index < -0.39 is 24.8 Å². The van der Waals surface area contributed by atoms with Gasteiger partial charge in [-0.25, -0.2) is 0 Å². The zero-order chi connectivity index (χ0) is 17.1. The molecule has 0 radical (unpaired) electrons. The van der Waals surface area contributed by atoms with E-state index in [4.69, 9.17) is 33.2 Å². The van der Waals surface area contributed by atoms with E-state index in [1.54, 1.807) is 0 Å². The molecule has 22 heavy (non-hydrogen) atoms. The van der Waals surface area contributed by atoms with Crippen molar-refractivity contribution in [2.45, 2.75) is 70.0 Å². The monoisotopic (exact) mass is 400 g/mol. The second-order valence-electron chi connectivity index (χ2n) is 5.22. The molecule has 0 aromatic rings. The van der Waals surface area contributed by atoms with Gasteiger partial charge < -0.3 is 4.74 Å². The highest BCUT2D eigenvalue weighted by Gasteiger charge is 2.29. The highest BCUT2D eigenvalue weighted by atomic mass is 35.8. The van der Waals surface area contributed by atoms with E-state index in [1.807, 2.05) is 0 Å². The van der Waals surface area contributed by atoms with Gasteiger partial charge in [-0.2, -0.15) is 13.2 Å². The fourth-order valence-electron chi connectivity index (χ4n) is 1.89. The summed E-state index contributed by atoms with van der Waals surface area (Å²) in [6.45, 7) is -1.50. The van der Waals surface area contributed by atoms with Gasteiger partial charge >= 0.3 is 18.1 Å². The van der Waals surface area contributed by atoms with E-state index in [2.05, 4.69) is 4.74 Å². The standard InChI is InChI=1S/C13H22Cl3F3O2Si/c14-22(15,16)10-8-6-4-2-1-3-5-7-9-12(20)21-11-13(17,18)19/h1-11H2. The quantitative estimate of drug-likeness (QED) is 0.167. The lowest BCUT2D eigenvalue weighted by molar-refractivity contribution is -0.186. The summed E-state index contributed by atoms with van der Waals surface area (Å²) in [5, 5.41) is 0. The number of alkyl halides is 3. The second kappa shape index (κ2) is 11.8. The van der Waals surface area contributed by atoms with Crippen molar-refractivity contribution < 1.29 is 22.7 Å². The third-order valence-electron chi connectivity index (χ3n) is 2.99. The number of hydrogen-bond donors (Lipinski definition) is 0. The van der Waals surface area contributed by atoms with E-state index in [1.165, 1.54) is 0 Å². The molecule has 0 amide bonds. The predicted molar refractivity (Wildman–Crippen MR) is 86.7 cm³/mol. The Labute approximate surface area is 144 Å². The van der Waals surface area contributed by atoms with Gasteiger partial charge in [-0.05, 0) is 12.5 Å². The summed E-state index contributed by atoms with van der Waals surface area (Å²) in [6, 6.07) is -1.78. The Morgan fingerprint density at radius 3 is 1.77 bits per heavy atom. The number of unbranched alkanes of at least 4 members (excludes halogenated alkanes) is 7. The minimum Gasteiger partial charge on any atom is -0.456 e. The Hall–Kier alpha value is 0.347. The maximum atomic E-state index is 11.8. The van der Waals surface area contributed by atoms with Crippen molar-refractivity contribution >= 4 is 45.2 Å². The lowest BCUT2D eigenvalue weighted by Crippen LogP contribution is -2.20. The van der Waals surface area contributed by atoms with Crippen molar-refractivity contribution in [2.75, 3.05) is 6.61 Å². The molecule has 0 bridgehead atoms. The van der Waals surface area contributed by atoms with Crippen LogP contribution in [0.5, 0.6) is 0 Å². The van der Waals surface area contributed by atoms with Crippen molar-refractivity contribution in [2.24, 2.45) is 0 Å². The van der Waals surface area contributed by atoms with E-state index in [9.17, 15) is 18.0 Å². The molecular weight excluding hydrogens is 380 g/mol. The molecule has 0 aliphatic rings. The third-order valence-corrected chi connectivity index (χ3v) is 5.61. The Bertz CT molecular complexity index is 310. The molecule has 0 spiro atoms. The average molecular weight is 402 g/mol. The van der Waals surface area contributed by atoms with Gasteiger partial charge in [0, 0.05) is 6.42 Å². The summed E-state index contributed by atoms with van der Waals surface area (Å²) in [5.74, 6) is -0.784. The molecule has 0 rings (SSSR count). The first-order valence-corrected chi connectivity index (χ1v) is 12.6. The summed E-state index contributed by atoms with van der Waals surface area (Å²) in [6.07, 6.45) is 3.14. The zero-order valence-corrected chi connectivity index (χ0v) is 15.6. The fraction of sp³-hybridized carbons (Fsp3) is 0.923. The Kier molecular flexibility index (Phi) is 12.0. The highest BCUT2D eigenvalue weighted by molar-refractivity contribution is 7.64. The van der Waals surface area contributed by atoms with E-state index in [0.717, 1.165) is 44.9 Å². The first-order valence-electron chi connectivity index (χ1n) is 7.39. The lowest BCUT2D eigenvalue weighted by Gasteiger charge is -2.08. The molecule has 0 aliphatic carbocycles. The van der Waals surface area contributed by atoms with Crippen LogP contribution in [0.4, 0.5) is 13.2 Å². The summed E-state index contributed by atoms with van der Waals surface area (Å²) >= 11 is 17.3. The number of esters is 1. The third kappa shape index (κ3) is 18.4. The van der Waals surface area contributed by atoms with Crippen LogP contribution in [-0.2, 0) is 9.53 Å². The Morgan fingerprint density at radius 2 is 1.32 bits per heavy atom.